The van der Waals surface area contributed by atoms with Crippen LogP contribution in [-0.2, 0) is 14.8 Å². The lowest BCUT2D eigenvalue weighted by Gasteiger charge is -2.34. The topological polar surface area (TPSA) is 101 Å². The number of carbonyl (C=O) groups excluding carboxylic acids is 2. The third kappa shape index (κ3) is 5.85. The van der Waals surface area contributed by atoms with E-state index in [1.807, 2.05) is 0 Å². The molecule has 0 aromatic heterocycles. The Morgan fingerprint density at radius 2 is 1.56 bits per heavy atom. The van der Waals surface area contributed by atoms with Crippen LogP contribution in [0, 0.1) is 0 Å². The van der Waals surface area contributed by atoms with Gasteiger partial charge in [-0.1, -0.05) is 25.0 Å². The van der Waals surface area contributed by atoms with Gasteiger partial charge in [0.15, 0.2) is 5.78 Å². The first kappa shape index (κ1) is 21.5. The molecule has 0 spiro atoms. The van der Waals surface area contributed by atoms with Crippen molar-refractivity contribution in [2.24, 2.45) is 5.73 Å². The van der Waals surface area contributed by atoms with Crippen LogP contribution in [0.3, 0.4) is 0 Å². The van der Waals surface area contributed by atoms with Gasteiger partial charge >= 0.3 is 0 Å². The van der Waals surface area contributed by atoms with Gasteiger partial charge in [-0.05, 0) is 38.4 Å². The first-order valence-corrected chi connectivity index (χ1v) is 10.9. The number of sulfonamides is 1. The normalized spacial score (nSPS) is 15.7. The number of piperazine rings is 1. The molecular weight excluding hydrogens is 366 g/mol. The van der Waals surface area contributed by atoms with Crippen molar-refractivity contribution in [3.05, 3.63) is 29.8 Å². The van der Waals surface area contributed by atoms with E-state index in [2.05, 4.69) is 0 Å². The predicted molar refractivity (Wildman–Crippen MR) is 104 cm³/mol. The SMILES string of the molecule is CC(=O)c1ccc(S(=O)(=O)N2CCN(C(=O)CCCCCCN)CC2)cc1. The minimum Gasteiger partial charge on any atom is -0.340 e. The van der Waals surface area contributed by atoms with Gasteiger partial charge < -0.3 is 10.6 Å². The molecule has 0 saturated carbocycles. The summed E-state index contributed by atoms with van der Waals surface area (Å²) in [6, 6.07) is 5.98. The van der Waals surface area contributed by atoms with Gasteiger partial charge in [0.05, 0.1) is 4.90 Å². The van der Waals surface area contributed by atoms with E-state index in [0.29, 0.717) is 31.6 Å². The molecule has 150 valence electrons. The van der Waals surface area contributed by atoms with Crippen LogP contribution < -0.4 is 5.73 Å². The van der Waals surface area contributed by atoms with Gasteiger partial charge in [-0.25, -0.2) is 8.42 Å². The third-order valence-electron chi connectivity index (χ3n) is 4.83. The first-order valence-electron chi connectivity index (χ1n) is 9.45. The molecule has 1 aliphatic heterocycles. The van der Waals surface area contributed by atoms with Crippen molar-refractivity contribution in [1.29, 1.82) is 0 Å². The molecule has 2 rings (SSSR count). The maximum absolute atomic E-state index is 12.7. The number of hydrogen-bond donors (Lipinski definition) is 1. The summed E-state index contributed by atoms with van der Waals surface area (Å²) in [5.41, 5.74) is 5.94. The Labute approximate surface area is 161 Å². The van der Waals surface area contributed by atoms with E-state index >= 15 is 0 Å². The van der Waals surface area contributed by atoms with Crippen molar-refractivity contribution < 1.29 is 18.0 Å². The minimum atomic E-state index is -3.61. The van der Waals surface area contributed by atoms with Crippen LogP contribution in [-0.4, -0.2) is 62.0 Å². The largest absolute Gasteiger partial charge is 0.340 e. The maximum Gasteiger partial charge on any atom is 0.243 e. The minimum absolute atomic E-state index is 0.0885. The Balaban J connectivity index is 1.86. The van der Waals surface area contributed by atoms with Gasteiger partial charge in [0, 0.05) is 38.2 Å². The predicted octanol–water partition coefficient (Wildman–Crippen LogP) is 1.63. The number of ketones is 1. The van der Waals surface area contributed by atoms with Crippen molar-refractivity contribution in [1.82, 2.24) is 9.21 Å². The van der Waals surface area contributed by atoms with Crippen LogP contribution in [0.4, 0.5) is 0 Å². The highest BCUT2D eigenvalue weighted by Crippen LogP contribution is 2.19. The lowest BCUT2D eigenvalue weighted by Crippen LogP contribution is -2.50. The fraction of sp³-hybridized carbons (Fsp3) is 0.579. The second-order valence-electron chi connectivity index (χ2n) is 6.82. The third-order valence-corrected chi connectivity index (χ3v) is 6.75. The molecule has 1 heterocycles. The summed E-state index contributed by atoms with van der Waals surface area (Å²) in [7, 11) is -3.61. The average molecular weight is 396 g/mol. The van der Waals surface area contributed by atoms with Gasteiger partial charge in [-0.15, -0.1) is 0 Å². The number of nitrogens with zero attached hydrogens (tertiary/aromatic N) is 2. The van der Waals surface area contributed by atoms with Crippen LogP contribution >= 0.6 is 0 Å². The molecule has 1 aromatic rings. The van der Waals surface area contributed by atoms with E-state index in [1.54, 1.807) is 4.90 Å². The van der Waals surface area contributed by atoms with Crippen LogP contribution in [0.2, 0.25) is 0 Å². The fourth-order valence-corrected chi connectivity index (χ4v) is 4.54. The van der Waals surface area contributed by atoms with Crippen LogP contribution in [0.1, 0.15) is 49.4 Å². The molecule has 2 N–H and O–H groups in total. The average Bonchev–Trinajstić information content (AvgIpc) is 2.67. The van der Waals surface area contributed by atoms with Crippen molar-refractivity contribution in [2.75, 3.05) is 32.7 Å². The molecule has 1 aliphatic rings. The number of benzene rings is 1. The Kier molecular flexibility index (Phi) is 7.94. The molecule has 1 amide bonds. The number of amides is 1. The quantitative estimate of drug-likeness (QED) is 0.506. The van der Waals surface area contributed by atoms with Crippen molar-refractivity contribution in [2.45, 2.75) is 43.9 Å². The molecule has 1 fully saturated rings. The smallest absolute Gasteiger partial charge is 0.243 e. The van der Waals surface area contributed by atoms with Gasteiger partial charge in [-0.3, -0.25) is 9.59 Å². The Hall–Kier alpha value is -1.77. The second-order valence-corrected chi connectivity index (χ2v) is 8.76. The molecule has 1 saturated heterocycles. The van der Waals surface area contributed by atoms with Crippen LogP contribution in [0.5, 0.6) is 0 Å². The summed E-state index contributed by atoms with van der Waals surface area (Å²) >= 11 is 0. The van der Waals surface area contributed by atoms with E-state index < -0.39 is 10.0 Å². The van der Waals surface area contributed by atoms with Gasteiger partial charge in [-0.2, -0.15) is 4.31 Å². The molecule has 0 aliphatic carbocycles. The number of rotatable bonds is 9. The fourth-order valence-electron chi connectivity index (χ4n) is 3.12. The molecule has 1 aromatic carbocycles. The lowest BCUT2D eigenvalue weighted by molar-refractivity contribution is -0.132. The van der Waals surface area contributed by atoms with E-state index in [0.717, 1.165) is 25.7 Å². The Morgan fingerprint density at radius 1 is 0.963 bits per heavy atom. The standard InChI is InChI=1S/C19H29N3O4S/c1-16(23)17-7-9-18(10-8-17)27(25,26)22-14-12-21(13-15-22)19(24)6-4-2-3-5-11-20/h7-10H,2-6,11-15,20H2,1H3. The molecule has 7 nitrogen and oxygen atoms in total. The molecule has 0 atom stereocenters. The monoisotopic (exact) mass is 395 g/mol. The Morgan fingerprint density at radius 3 is 2.11 bits per heavy atom. The summed E-state index contributed by atoms with van der Waals surface area (Å²) in [5.74, 6) is -0.0142. The highest BCUT2D eigenvalue weighted by atomic mass is 32.2. The molecule has 8 heteroatoms. The highest BCUT2D eigenvalue weighted by Gasteiger charge is 2.29. The molecule has 0 radical (unpaired) electrons. The summed E-state index contributed by atoms with van der Waals surface area (Å²) in [5, 5.41) is 0. The van der Waals surface area contributed by atoms with Crippen LogP contribution in [0.25, 0.3) is 0 Å². The van der Waals surface area contributed by atoms with E-state index in [1.165, 1.54) is 35.5 Å². The maximum atomic E-state index is 12.7. The zero-order chi connectivity index (χ0) is 19.9. The molecular formula is C19H29N3O4S. The lowest BCUT2D eigenvalue weighted by atomic mass is 10.1. The number of Topliss-reactive ketones (excluding diaryl/α,β-unsaturated/α-hetero) is 1. The van der Waals surface area contributed by atoms with E-state index in [-0.39, 0.29) is 29.7 Å². The molecule has 0 bridgehead atoms. The summed E-state index contributed by atoms with van der Waals surface area (Å²) in [6.07, 6.45) is 4.37. The zero-order valence-corrected chi connectivity index (χ0v) is 16.7. The van der Waals surface area contributed by atoms with Gasteiger partial charge in [0.2, 0.25) is 15.9 Å². The first-order chi connectivity index (χ1) is 12.9. The number of hydrogen-bond acceptors (Lipinski definition) is 5. The Bertz CT molecular complexity index is 739. The van der Waals surface area contributed by atoms with Gasteiger partial charge in [0.1, 0.15) is 0 Å². The number of unbranched alkanes of at least 4 members (excludes halogenated alkanes) is 3. The van der Waals surface area contributed by atoms with Crippen molar-refractivity contribution in [3.63, 3.8) is 0 Å². The second kappa shape index (κ2) is 9.96. The molecule has 27 heavy (non-hydrogen) atoms. The number of nitrogens with two attached hydrogens (primary N) is 1. The summed E-state index contributed by atoms with van der Waals surface area (Å²) in [6.45, 7) is 3.52. The van der Waals surface area contributed by atoms with Crippen molar-refractivity contribution in [3.8, 4) is 0 Å². The molecule has 0 unspecified atom stereocenters. The van der Waals surface area contributed by atoms with E-state index in [9.17, 15) is 18.0 Å². The van der Waals surface area contributed by atoms with Crippen molar-refractivity contribution >= 4 is 21.7 Å². The summed E-state index contributed by atoms with van der Waals surface area (Å²) in [4.78, 5) is 25.5. The van der Waals surface area contributed by atoms with Crippen LogP contribution in [0.15, 0.2) is 29.2 Å². The highest BCUT2D eigenvalue weighted by molar-refractivity contribution is 7.89. The number of carbonyl (C=O) groups is 2. The summed E-state index contributed by atoms with van der Waals surface area (Å²) < 4.78 is 26.9. The van der Waals surface area contributed by atoms with Gasteiger partial charge in [0.25, 0.3) is 0 Å². The zero-order valence-electron chi connectivity index (χ0n) is 15.9. The van der Waals surface area contributed by atoms with E-state index in [4.69, 9.17) is 5.73 Å².